The number of nitrogens with zero attached hydrogens (tertiary/aromatic N) is 2. The molecular formula is C7H8Cl2N2O. The first-order valence-electron chi connectivity index (χ1n) is 3.57. The molecule has 0 spiro atoms. The van der Waals surface area contributed by atoms with E-state index >= 15 is 0 Å². The highest BCUT2D eigenvalue weighted by Crippen LogP contribution is 2.05. The fourth-order valence-corrected chi connectivity index (χ4v) is 1.33. The van der Waals surface area contributed by atoms with E-state index in [9.17, 15) is 4.79 Å². The van der Waals surface area contributed by atoms with Gasteiger partial charge in [-0.15, -0.1) is 0 Å². The van der Waals surface area contributed by atoms with E-state index < -0.39 is 0 Å². The second-order valence-electron chi connectivity index (χ2n) is 2.35. The summed E-state index contributed by atoms with van der Waals surface area (Å²) in [7, 11) is 0. The number of aromatic nitrogens is 2. The van der Waals surface area contributed by atoms with Crippen molar-refractivity contribution in [3.05, 3.63) is 26.9 Å². The van der Waals surface area contributed by atoms with Crippen LogP contribution in [0.4, 0.5) is 0 Å². The van der Waals surface area contributed by atoms with Crippen molar-refractivity contribution in [2.45, 2.75) is 19.9 Å². The van der Waals surface area contributed by atoms with E-state index in [4.69, 9.17) is 23.2 Å². The van der Waals surface area contributed by atoms with Crippen molar-refractivity contribution in [1.29, 1.82) is 0 Å². The minimum atomic E-state index is -0.289. The molecular weight excluding hydrogens is 199 g/mol. The molecule has 0 radical (unpaired) electrons. The predicted octanol–water partition coefficient (Wildman–Crippen LogP) is 1.96. The molecule has 1 aromatic heterocycles. The molecule has 0 bridgehead atoms. The van der Waals surface area contributed by atoms with Gasteiger partial charge in [0.15, 0.2) is 5.15 Å². The number of halogens is 2. The molecule has 0 N–H and O–H groups in total. The summed E-state index contributed by atoms with van der Waals surface area (Å²) >= 11 is 11.1. The quantitative estimate of drug-likeness (QED) is 0.742. The Balaban J connectivity index is 3.19. The van der Waals surface area contributed by atoms with Gasteiger partial charge < -0.3 is 4.57 Å². The van der Waals surface area contributed by atoms with Gasteiger partial charge in [0.25, 0.3) is 5.56 Å². The topological polar surface area (TPSA) is 34.9 Å². The Labute approximate surface area is 79.9 Å². The summed E-state index contributed by atoms with van der Waals surface area (Å²) in [4.78, 5) is 14.8. The van der Waals surface area contributed by atoms with Crippen LogP contribution in [0.1, 0.15) is 13.3 Å². The van der Waals surface area contributed by atoms with Gasteiger partial charge >= 0.3 is 0 Å². The van der Waals surface area contributed by atoms with Crippen molar-refractivity contribution < 1.29 is 0 Å². The van der Waals surface area contributed by atoms with E-state index in [0.717, 1.165) is 6.42 Å². The first kappa shape index (κ1) is 9.55. The molecule has 0 aliphatic rings. The molecule has 1 heterocycles. The number of hydrogen-bond acceptors (Lipinski definition) is 2. The van der Waals surface area contributed by atoms with Gasteiger partial charge in [-0.25, -0.2) is 4.98 Å². The van der Waals surface area contributed by atoms with Crippen molar-refractivity contribution in [2.24, 2.45) is 0 Å². The second kappa shape index (κ2) is 3.92. The van der Waals surface area contributed by atoms with Crippen molar-refractivity contribution in [3.63, 3.8) is 0 Å². The standard InChI is InChI=1S/C7H8Cl2N2O/c1-2-3-11-4-5(8)10-6(9)7(11)12/h4H,2-3H2,1H3. The largest absolute Gasteiger partial charge is 0.310 e. The van der Waals surface area contributed by atoms with Gasteiger partial charge in [-0.3, -0.25) is 4.79 Å². The highest BCUT2D eigenvalue weighted by atomic mass is 35.5. The Morgan fingerprint density at radius 3 is 2.83 bits per heavy atom. The van der Waals surface area contributed by atoms with E-state index in [1.165, 1.54) is 10.8 Å². The van der Waals surface area contributed by atoms with Crippen LogP contribution in [-0.2, 0) is 6.54 Å². The fraction of sp³-hybridized carbons (Fsp3) is 0.429. The van der Waals surface area contributed by atoms with Crippen LogP contribution in [0.15, 0.2) is 11.0 Å². The van der Waals surface area contributed by atoms with Crippen LogP contribution < -0.4 is 5.56 Å². The number of rotatable bonds is 2. The minimum absolute atomic E-state index is 0.0732. The molecule has 0 aliphatic heterocycles. The third-order valence-corrected chi connectivity index (χ3v) is 1.80. The molecule has 0 unspecified atom stereocenters. The third kappa shape index (κ3) is 1.99. The van der Waals surface area contributed by atoms with Crippen LogP contribution in [0.3, 0.4) is 0 Å². The first-order valence-corrected chi connectivity index (χ1v) is 4.33. The van der Waals surface area contributed by atoms with Crippen molar-refractivity contribution >= 4 is 23.2 Å². The Bertz CT molecular complexity index is 335. The Morgan fingerprint density at radius 1 is 1.58 bits per heavy atom. The van der Waals surface area contributed by atoms with Gasteiger partial charge in [0.1, 0.15) is 5.15 Å². The maximum absolute atomic E-state index is 11.2. The average molecular weight is 207 g/mol. The van der Waals surface area contributed by atoms with Gasteiger partial charge in [-0.2, -0.15) is 0 Å². The molecule has 12 heavy (non-hydrogen) atoms. The molecule has 1 rings (SSSR count). The third-order valence-electron chi connectivity index (χ3n) is 1.37. The molecule has 1 aromatic rings. The maximum atomic E-state index is 11.2. The lowest BCUT2D eigenvalue weighted by atomic mass is 10.5. The van der Waals surface area contributed by atoms with Crippen molar-refractivity contribution in [2.75, 3.05) is 0 Å². The van der Waals surface area contributed by atoms with E-state index in [1.54, 1.807) is 0 Å². The first-order chi connectivity index (χ1) is 5.65. The van der Waals surface area contributed by atoms with Gasteiger partial charge in [0.2, 0.25) is 0 Å². The monoisotopic (exact) mass is 206 g/mol. The van der Waals surface area contributed by atoms with E-state index in [0.29, 0.717) is 6.54 Å². The number of aryl methyl sites for hydroxylation is 1. The van der Waals surface area contributed by atoms with Crippen LogP contribution in [0, 0.1) is 0 Å². The van der Waals surface area contributed by atoms with E-state index in [-0.39, 0.29) is 15.9 Å². The van der Waals surface area contributed by atoms with Crippen LogP contribution in [0.25, 0.3) is 0 Å². The van der Waals surface area contributed by atoms with Gasteiger partial charge in [-0.1, -0.05) is 30.1 Å². The van der Waals surface area contributed by atoms with Gasteiger partial charge in [0, 0.05) is 12.7 Å². The molecule has 3 nitrogen and oxygen atoms in total. The summed E-state index contributed by atoms with van der Waals surface area (Å²) < 4.78 is 1.46. The average Bonchev–Trinajstić information content (AvgIpc) is 2.00. The highest BCUT2D eigenvalue weighted by Gasteiger charge is 2.03. The summed E-state index contributed by atoms with van der Waals surface area (Å²) in [6.07, 6.45) is 2.34. The van der Waals surface area contributed by atoms with Crippen LogP contribution in [0.2, 0.25) is 10.3 Å². The molecule has 0 aromatic carbocycles. The predicted molar refractivity (Wildman–Crippen MR) is 48.8 cm³/mol. The van der Waals surface area contributed by atoms with Crippen LogP contribution >= 0.6 is 23.2 Å². The number of hydrogen-bond donors (Lipinski definition) is 0. The molecule has 0 atom stereocenters. The molecule has 0 saturated carbocycles. The lowest BCUT2D eigenvalue weighted by molar-refractivity contribution is 0.648. The normalized spacial score (nSPS) is 10.2. The smallest absolute Gasteiger partial charge is 0.288 e. The van der Waals surface area contributed by atoms with Crippen LogP contribution in [-0.4, -0.2) is 9.55 Å². The molecule has 0 amide bonds. The fourth-order valence-electron chi connectivity index (χ4n) is 0.883. The van der Waals surface area contributed by atoms with Gasteiger partial charge in [0.05, 0.1) is 0 Å². The summed E-state index contributed by atoms with van der Waals surface area (Å²) in [5.74, 6) is 0. The van der Waals surface area contributed by atoms with Crippen molar-refractivity contribution in [3.8, 4) is 0 Å². The summed E-state index contributed by atoms with van der Waals surface area (Å²) in [6, 6.07) is 0. The molecule has 0 saturated heterocycles. The minimum Gasteiger partial charge on any atom is -0.310 e. The summed E-state index contributed by atoms with van der Waals surface area (Å²) in [6.45, 7) is 2.58. The van der Waals surface area contributed by atoms with Crippen molar-refractivity contribution in [1.82, 2.24) is 9.55 Å². The molecule has 0 aliphatic carbocycles. The summed E-state index contributed by atoms with van der Waals surface area (Å²) in [5.41, 5.74) is -0.289. The Hall–Kier alpha value is -0.540. The van der Waals surface area contributed by atoms with Gasteiger partial charge in [-0.05, 0) is 6.42 Å². The zero-order valence-electron chi connectivity index (χ0n) is 6.55. The van der Waals surface area contributed by atoms with E-state index in [2.05, 4.69) is 4.98 Å². The lowest BCUT2D eigenvalue weighted by Crippen LogP contribution is -2.20. The zero-order valence-corrected chi connectivity index (χ0v) is 8.06. The maximum Gasteiger partial charge on any atom is 0.288 e. The zero-order chi connectivity index (χ0) is 9.14. The molecule has 66 valence electrons. The van der Waals surface area contributed by atoms with E-state index in [1.807, 2.05) is 6.92 Å². The molecule has 5 heteroatoms. The summed E-state index contributed by atoms with van der Waals surface area (Å²) in [5, 5.41) is 0.170. The Kier molecular flexibility index (Phi) is 3.12. The lowest BCUT2D eigenvalue weighted by Gasteiger charge is -2.02. The van der Waals surface area contributed by atoms with Crippen LogP contribution in [0.5, 0.6) is 0 Å². The molecule has 0 fully saturated rings. The second-order valence-corrected chi connectivity index (χ2v) is 3.10. The Morgan fingerprint density at radius 2 is 2.25 bits per heavy atom. The SMILES string of the molecule is CCCn1cc(Cl)nc(Cl)c1=O. The highest BCUT2D eigenvalue weighted by molar-refractivity contribution is 6.32.